The lowest BCUT2D eigenvalue weighted by Crippen LogP contribution is -2.46. The van der Waals surface area contributed by atoms with E-state index in [0.29, 0.717) is 36.4 Å². The lowest BCUT2D eigenvalue weighted by atomic mass is 9.86. The summed E-state index contributed by atoms with van der Waals surface area (Å²) < 4.78 is 7.17. The van der Waals surface area contributed by atoms with E-state index in [1.807, 2.05) is 35.0 Å². The van der Waals surface area contributed by atoms with Gasteiger partial charge in [-0.1, -0.05) is 31.9 Å². The molecule has 2 aliphatic rings. The van der Waals surface area contributed by atoms with Gasteiger partial charge in [0.05, 0.1) is 24.8 Å². The highest BCUT2D eigenvalue weighted by Gasteiger charge is 2.37. The second kappa shape index (κ2) is 7.00. The second-order valence-corrected chi connectivity index (χ2v) is 8.42. The van der Waals surface area contributed by atoms with Crippen LogP contribution in [0.3, 0.4) is 0 Å². The number of aromatic amines is 1. The summed E-state index contributed by atoms with van der Waals surface area (Å²) in [5, 5.41) is 19.1. The van der Waals surface area contributed by atoms with Crippen LogP contribution in [0.15, 0.2) is 41.3 Å². The summed E-state index contributed by atoms with van der Waals surface area (Å²) in [5.41, 5.74) is 1.49. The molecule has 2 atom stereocenters. The third-order valence-corrected chi connectivity index (χ3v) is 6.38. The molecule has 2 fully saturated rings. The van der Waals surface area contributed by atoms with E-state index < -0.39 is 5.60 Å². The van der Waals surface area contributed by atoms with E-state index >= 15 is 0 Å². The summed E-state index contributed by atoms with van der Waals surface area (Å²) in [4.78, 5) is 15.4. The van der Waals surface area contributed by atoms with Gasteiger partial charge in [0.2, 0.25) is 0 Å². The fourth-order valence-corrected chi connectivity index (χ4v) is 4.56. The quantitative estimate of drug-likeness (QED) is 0.630. The number of hydrogen-bond donors (Lipinski definition) is 3. The Morgan fingerprint density at radius 3 is 2.66 bits per heavy atom. The van der Waals surface area contributed by atoms with Crippen LogP contribution >= 0.6 is 0 Å². The molecule has 1 unspecified atom stereocenters. The van der Waals surface area contributed by atoms with Crippen molar-refractivity contribution >= 4 is 22.4 Å². The first-order chi connectivity index (χ1) is 14.0. The number of nitrogens with one attached hydrogen (secondary N) is 2. The Morgan fingerprint density at radius 2 is 1.97 bits per heavy atom. The van der Waals surface area contributed by atoms with Crippen molar-refractivity contribution in [3.8, 4) is 0 Å². The topological polar surface area (TPSA) is 92.2 Å². The number of ether oxygens (including phenoxy) is 1. The molecule has 3 heterocycles. The minimum Gasteiger partial charge on any atom is -0.380 e. The summed E-state index contributed by atoms with van der Waals surface area (Å²) in [6.45, 7) is 2.92. The van der Waals surface area contributed by atoms with Gasteiger partial charge < -0.3 is 20.1 Å². The van der Waals surface area contributed by atoms with E-state index in [0.717, 1.165) is 23.2 Å². The Labute approximate surface area is 168 Å². The zero-order valence-corrected chi connectivity index (χ0v) is 16.5. The maximum absolute atomic E-state index is 12.6. The second-order valence-electron chi connectivity index (χ2n) is 8.42. The number of benzene rings is 1. The van der Waals surface area contributed by atoms with Crippen molar-refractivity contribution in [3.05, 3.63) is 52.4 Å². The van der Waals surface area contributed by atoms with Crippen molar-refractivity contribution in [2.24, 2.45) is 5.92 Å². The van der Waals surface area contributed by atoms with Gasteiger partial charge in [-0.3, -0.25) is 9.48 Å². The Morgan fingerprint density at radius 1 is 1.21 bits per heavy atom. The smallest absolute Gasteiger partial charge is 0.261 e. The maximum atomic E-state index is 12.6. The molecule has 0 amide bonds. The van der Waals surface area contributed by atoms with Crippen molar-refractivity contribution in [1.29, 1.82) is 0 Å². The molecule has 7 heteroatoms. The molecule has 5 rings (SSSR count). The third-order valence-electron chi connectivity index (χ3n) is 6.38. The molecule has 0 radical (unpaired) electrons. The minimum absolute atomic E-state index is 0.141. The highest BCUT2D eigenvalue weighted by molar-refractivity contribution is 5.91. The highest BCUT2D eigenvalue weighted by atomic mass is 16.5. The van der Waals surface area contributed by atoms with Gasteiger partial charge in [0.1, 0.15) is 11.0 Å². The average molecular weight is 394 g/mol. The van der Waals surface area contributed by atoms with Crippen LogP contribution in [0, 0.1) is 5.92 Å². The summed E-state index contributed by atoms with van der Waals surface area (Å²) >= 11 is 0. The van der Waals surface area contributed by atoms with Crippen LogP contribution in [0.4, 0.5) is 11.5 Å². The Kier molecular flexibility index (Phi) is 4.44. The molecular weight excluding hydrogens is 368 g/mol. The highest BCUT2D eigenvalue weighted by Crippen LogP contribution is 2.37. The van der Waals surface area contributed by atoms with Gasteiger partial charge in [-0.25, -0.2) is 0 Å². The predicted octanol–water partition coefficient (Wildman–Crippen LogP) is 3.44. The number of hydrogen-bond acceptors (Lipinski definition) is 5. The van der Waals surface area contributed by atoms with Crippen LogP contribution in [0.1, 0.15) is 44.2 Å². The fourth-order valence-electron chi connectivity index (χ4n) is 4.56. The van der Waals surface area contributed by atoms with Gasteiger partial charge in [-0.15, -0.1) is 0 Å². The third kappa shape index (κ3) is 3.14. The zero-order chi connectivity index (χ0) is 20.0. The lowest BCUT2D eigenvalue weighted by Gasteiger charge is -2.36. The lowest BCUT2D eigenvalue weighted by molar-refractivity contribution is -0.184. The molecule has 1 aromatic carbocycles. The van der Waals surface area contributed by atoms with Crippen LogP contribution in [0.2, 0.25) is 0 Å². The van der Waals surface area contributed by atoms with Crippen LogP contribution in [-0.2, 0) is 10.3 Å². The molecule has 0 bridgehead atoms. The number of H-pyrrole nitrogens is 1. The minimum atomic E-state index is -0.888. The van der Waals surface area contributed by atoms with Gasteiger partial charge in [0.15, 0.2) is 5.82 Å². The monoisotopic (exact) mass is 394 g/mol. The van der Waals surface area contributed by atoms with E-state index in [4.69, 9.17) is 9.84 Å². The van der Waals surface area contributed by atoms with E-state index in [1.54, 1.807) is 6.20 Å². The van der Waals surface area contributed by atoms with Crippen LogP contribution in [0.5, 0.6) is 0 Å². The number of anilines is 2. The molecule has 1 aliphatic heterocycles. The van der Waals surface area contributed by atoms with Crippen molar-refractivity contribution in [1.82, 2.24) is 14.8 Å². The molecule has 0 spiro atoms. The van der Waals surface area contributed by atoms with Gasteiger partial charge in [0, 0.05) is 11.9 Å². The Hall–Kier alpha value is -2.64. The normalized spacial score (nSPS) is 23.7. The summed E-state index contributed by atoms with van der Waals surface area (Å²) in [6, 6.07) is 9.81. The van der Waals surface area contributed by atoms with Gasteiger partial charge in [-0.2, -0.15) is 5.10 Å². The van der Waals surface area contributed by atoms with Crippen molar-refractivity contribution in [2.45, 2.75) is 44.2 Å². The molecule has 3 aromatic rings. The van der Waals surface area contributed by atoms with Crippen LogP contribution < -0.4 is 10.9 Å². The summed E-state index contributed by atoms with van der Waals surface area (Å²) in [7, 11) is 0. The van der Waals surface area contributed by atoms with Gasteiger partial charge in [0.25, 0.3) is 5.56 Å². The van der Waals surface area contributed by atoms with E-state index in [9.17, 15) is 9.90 Å². The molecule has 152 valence electrons. The number of rotatable bonds is 4. The first kappa shape index (κ1) is 18.4. The SMILES string of the molecule is C[C@H]1CCCCC1n1nc(Nc2ccc(C3(O)COC3)cc2)c2c(=O)[nH]ccc21. The number of fused-ring (bicyclic) bond motifs is 1. The van der Waals surface area contributed by atoms with E-state index in [2.05, 4.69) is 17.2 Å². The first-order valence-electron chi connectivity index (χ1n) is 10.3. The van der Waals surface area contributed by atoms with Crippen LogP contribution in [0.25, 0.3) is 10.9 Å². The number of pyridine rings is 1. The maximum Gasteiger partial charge on any atom is 0.261 e. The first-order valence-corrected chi connectivity index (χ1v) is 10.3. The fraction of sp³-hybridized carbons (Fsp3) is 0.455. The molecule has 7 nitrogen and oxygen atoms in total. The van der Waals surface area contributed by atoms with Crippen molar-refractivity contribution < 1.29 is 9.84 Å². The largest absolute Gasteiger partial charge is 0.380 e. The van der Waals surface area contributed by atoms with Gasteiger partial charge >= 0.3 is 0 Å². The van der Waals surface area contributed by atoms with Crippen LogP contribution in [-0.4, -0.2) is 33.1 Å². The standard InChI is InChI=1S/C22H26N4O3/c1-14-4-2-3-5-17(14)26-18-10-11-23-21(27)19(18)20(25-26)24-16-8-6-15(7-9-16)22(28)12-29-13-22/h6-11,14,17,28H,2-5,12-13H2,1H3,(H,23,27)(H,24,25)/t14-,17?/m0/s1. The molecular formula is C22H26N4O3. The average Bonchev–Trinajstić information content (AvgIpc) is 3.06. The Bertz CT molecular complexity index is 1080. The van der Waals surface area contributed by atoms with E-state index in [1.165, 1.54) is 19.3 Å². The van der Waals surface area contributed by atoms with Gasteiger partial charge in [-0.05, 0) is 42.5 Å². The zero-order valence-electron chi connectivity index (χ0n) is 16.5. The summed E-state index contributed by atoms with van der Waals surface area (Å²) in [5.74, 6) is 1.10. The molecule has 29 heavy (non-hydrogen) atoms. The molecule has 1 saturated heterocycles. The molecule has 1 aliphatic carbocycles. The predicted molar refractivity (Wildman–Crippen MR) is 111 cm³/mol. The Balaban J connectivity index is 1.51. The van der Waals surface area contributed by atoms with Crippen molar-refractivity contribution in [2.75, 3.05) is 18.5 Å². The number of nitrogens with zero attached hydrogens (tertiary/aromatic N) is 2. The molecule has 1 saturated carbocycles. The number of aliphatic hydroxyl groups is 1. The molecule has 3 N–H and O–H groups in total. The summed E-state index contributed by atoms with van der Waals surface area (Å²) in [6.07, 6.45) is 6.41. The number of aromatic nitrogens is 3. The molecule has 2 aromatic heterocycles. The van der Waals surface area contributed by atoms with Crippen molar-refractivity contribution in [3.63, 3.8) is 0 Å². The van der Waals surface area contributed by atoms with E-state index in [-0.39, 0.29) is 5.56 Å².